The molecule has 1 unspecified atom stereocenters. The molecule has 0 aliphatic carbocycles. The Labute approximate surface area is 142 Å². The van der Waals surface area contributed by atoms with Gasteiger partial charge in [0.15, 0.2) is 5.84 Å². The van der Waals surface area contributed by atoms with E-state index >= 15 is 0 Å². The topological polar surface area (TPSA) is 24.7 Å². The van der Waals surface area contributed by atoms with Crippen LogP contribution >= 0.6 is 11.8 Å². The van der Waals surface area contributed by atoms with Crippen LogP contribution in [0.2, 0.25) is 0 Å². The van der Waals surface area contributed by atoms with Gasteiger partial charge < -0.3 is 0 Å². The van der Waals surface area contributed by atoms with Crippen LogP contribution in [0.25, 0.3) is 0 Å². The molecule has 0 bridgehead atoms. The summed E-state index contributed by atoms with van der Waals surface area (Å²) in [6.07, 6.45) is -0.0802. The first-order valence-electron chi connectivity index (χ1n) is 7.38. The first-order valence-corrected chi connectivity index (χ1v) is 8.36. The van der Waals surface area contributed by atoms with Crippen LogP contribution in [0.5, 0.6) is 0 Å². The Bertz CT molecular complexity index is 683. The largest absolute Gasteiger partial charge is 0.324 e. The zero-order valence-corrected chi connectivity index (χ0v) is 14.2. The van der Waals surface area contributed by atoms with Crippen molar-refractivity contribution in [3.05, 3.63) is 41.5 Å². The Morgan fingerprint density at radius 1 is 1.29 bits per heavy atom. The Morgan fingerprint density at radius 3 is 2.62 bits per heavy atom. The van der Waals surface area contributed by atoms with Gasteiger partial charge in [0.1, 0.15) is 0 Å². The molecule has 1 aliphatic heterocycles. The fraction of sp³-hybridized carbons (Fsp3) is 0.412. The van der Waals surface area contributed by atoms with Gasteiger partial charge in [0.05, 0.1) is 11.8 Å². The van der Waals surface area contributed by atoms with Crippen molar-refractivity contribution in [3.63, 3.8) is 0 Å². The maximum absolute atomic E-state index is 13.5. The molecule has 1 aromatic carbocycles. The fourth-order valence-corrected chi connectivity index (χ4v) is 3.19. The SMILES string of the molecule is C=CC(F)(F)C1=NC(Cc2cc(SCC(F)F)c(C)cc2C)C=N1. The smallest absolute Gasteiger partial charge is 0.255 e. The molecule has 0 saturated carbocycles. The van der Waals surface area contributed by atoms with Crippen LogP contribution in [0.4, 0.5) is 17.6 Å². The van der Waals surface area contributed by atoms with E-state index in [0.717, 1.165) is 33.3 Å². The third kappa shape index (κ3) is 4.47. The Hall–Kier alpha value is -1.63. The van der Waals surface area contributed by atoms with Crippen LogP contribution in [0, 0.1) is 13.8 Å². The molecule has 1 heterocycles. The lowest BCUT2D eigenvalue weighted by atomic mass is 10.00. The Morgan fingerprint density at radius 2 is 2.00 bits per heavy atom. The first kappa shape index (κ1) is 18.7. The number of amidine groups is 1. The van der Waals surface area contributed by atoms with Crippen molar-refractivity contribution >= 4 is 23.8 Å². The van der Waals surface area contributed by atoms with E-state index in [-0.39, 0.29) is 5.75 Å². The summed E-state index contributed by atoms with van der Waals surface area (Å²) in [5.74, 6) is -4.06. The average molecular weight is 358 g/mol. The molecule has 1 aromatic rings. The van der Waals surface area contributed by atoms with E-state index in [4.69, 9.17) is 0 Å². The number of thioether (sulfide) groups is 1. The molecule has 2 rings (SSSR count). The van der Waals surface area contributed by atoms with Gasteiger partial charge in [0.25, 0.3) is 0 Å². The van der Waals surface area contributed by atoms with Crippen LogP contribution < -0.4 is 0 Å². The van der Waals surface area contributed by atoms with Gasteiger partial charge in [-0.05, 0) is 42.7 Å². The second-order valence-corrected chi connectivity index (χ2v) is 6.64. The number of benzene rings is 1. The molecule has 24 heavy (non-hydrogen) atoms. The lowest BCUT2D eigenvalue weighted by Gasteiger charge is -2.13. The normalized spacial score (nSPS) is 17.5. The highest BCUT2D eigenvalue weighted by molar-refractivity contribution is 7.99. The minimum absolute atomic E-state index is 0.276. The number of hydrogen-bond acceptors (Lipinski definition) is 3. The van der Waals surface area contributed by atoms with Crippen molar-refractivity contribution in [2.45, 2.75) is 43.6 Å². The third-order valence-corrected chi connectivity index (χ3v) is 4.81. The average Bonchev–Trinajstić information content (AvgIpc) is 2.98. The molecule has 1 aliphatic rings. The molecule has 0 N–H and O–H groups in total. The van der Waals surface area contributed by atoms with E-state index in [2.05, 4.69) is 16.6 Å². The van der Waals surface area contributed by atoms with Gasteiger partial charge in [-0.3, -0.25) is 4.99 Å². The van der Waals surface area contributed by atoms with Crippen LogP contribution in [0.3, 0.4) is 0 Å². The molecular formula is C17H18F4N2S. The summed E-state index contributed by atoms with van der Waals surface area (Å²) in [6, 6.07) is 3.27. The van der Waals surface area contributed by atoms with Gasteiger partial charge in [0.2, 0.25) is 6.43 Å². The van der Waals surface area contributed by atoms with Crippen molar-refractivity contribution < 1.29 is 17.6 Å². The lowest BCUT2D eigenvalue weighted by molar-refractivity contribution is 0.133. The predicted octanol–water partition coefficient (Wildman–Crippen LogP) is 4.88. The molecule has 0 radical (unpaired) electrons. The number of nitrogens with zero attached hydrogens (tertiary/aromatic N) is 2. The summed E-state index contributed by atoms with van der Waals surface area (Å²) < 4.78 is 51.8. The summed E-state index contributed by atoms with van der Waals surface area (Å²) >= 11 is 1.09. The maximum Gasteiger partial charge on any atom is 0.324 e. The second-order valence-electron chi connectivity index (χ2n) is 5.58. The third-order valence-electron chi connectivity index (χ3n) is 3.64. The number of alkyl halides is 4. The van der Waals surface area contributed by atoms with Crippen LogP contribution in [0.15, 0.2) is 39.7 Å². The molecule has 1 atom stereocenters. The molecule has 130 valence electrons. The van der Waals surface area contributed by atoms with Gasteiger partial charge in [-0.25, -0.2) is 13.8 Å². The molecule has 0 amide bonds. The first-order chi connectivity index (χ1) is 11.2. The van der Waals surface area contributed by atoms with Crippen molar-refractivity contribution in [2.75, 3.05) is 5.75 Å². The summed E-state index contributed by atoms with van der Waals surface area (Å²) in [5.41, 5.74) is 2.78. The zero-order valence-electron chi connectivity index (χ0n) is 13.4. The summed E-state index contributed by atoms with van der Waals surface area (Å²) in [7, 11) is 0. The Kier molecular flexibility index (Phi) is 5.85. The van der Waals surface area contributed by atoms with Crippen LogP contribution in [-0.2, 0) is 6.42 Å². The molecule has 7 heteroatoms. The highest BCUT2D eigenvalue weighted by atomic mass is 32.2. The molecular weight excluding hydrogens is 340 g/mol. The van der Waals surface area contributed by atoms with Gasteiger partial charge in [-0.2, -0.15) is 8.78 Å². The number of rotatable bonds is 7. The van der Waals surface area contributed by atoms with E-state index in [1.807, 2.05) is 26.0 Å². The van der Waals surface area contributed by atoms with Gasteiger partial charge in [-0.1, -0.05) is 12.6 Å². The molecule has 0 spiro atoms. The monoisotopic (exact) mass is 358 g/mol. The number of hydrogen-bond donors (Lipinski definition) is 0. The van der Waals surface area contributed by atoms with E-state index in [9.17, 15) is 17.6 Å². The molecule has 0 saturated heterocycles. The van der Waals surface area contributed by atoms with E-state index < -0.39 is 24.2 Å². The maximum atomic E-state index is 13.5. The predicted molar refractivity (Wildman–Crippen MR) is 91.2 cm³/mol. The summed E-state index contributed by atoms with van der Waals surface area (Å²) in [4.78, 5) is 8.39. The summed E-state index contributed by atoms with van der Waals surface area (Å²) in [5, 5.41) is 0. The second kappa shape index (κ2) is 7.51. The highest BCUT2D eigenvalue weighted by Crippen LogP contribution is 2.29. The van der Waals surface area contributed by atoms with Gasteiger partial charge >= 0.3 is 5.92 Å². The standard InChI is InChI=1S/C17H18F4N2S/c1-4-17(20,21)16-22-8-13(23-16)6-12-7-14(24-9-15(18)19)11(3)5-10(12)2/h4-5,7-8,13,15H,1,6,9H2,2-3H3. The molecule has 2 nitrogen and oxygen atoms in total. The van der Waals surface area contributed by atoms with Gasteiger partial charge in [0, 0.05) is 17.5 Å². The van der Waals surface area contributed by atoms with Crippen molar-refractivity contribution in [1.82, 2.24) is 0 Å². The lowest BCUT2D eigenvalue weighted by Crippen LogP contribution is -2.23. The number of aryl methyl sites for hydroxylation is 2. The Balaban J connectivity index is 2.17. The van der Waals surface area contributed by atoms with Crippen molar-refractivity contribution in [3.8, 4) is 0 Å². The van der Waals surface area contributed by atoms with E-state index in [1.165, 1.54) is 6.21 Å². The zero-order chi connectivity index (χ0) is 17.9. The number of aliphatic imine (C=N–C) groups is 2. The van der Waals surface area contributed by atoms with E-state index in [1.54, 1.807) is 0 Å². The minimum atomic E-state index is -3.24. The van der Waals surface area contributed by atoms with Crippen molar-refractivity contribution in [2.24, 2.45) is 9.98 Å². The van der Waals surface area contributed by atoms with Crippen LogP contribution in [0.1, 0.15) is 16.7 Å². The van der Waals surface area contributed by atoms with Gasteiger partial charge in [-0.15, -0.1) is 11.8 Å². The van der Waals surface area contributed by atoms with Crippen LogP contribution in [-0.4, -0.2) is 36.2 Å². The molecule has 0 fully saturated rings. The fourth-order valence-electron chi connectivity index (χ4n) is 2.37. The summed E-state index contributed by atoms with van der Waals surface area (Å²) in [6.45, 7) is 6.85. The minimum Gasteiger partial charge on any atom is -0.255 e. The molecule has 0 aromatic heterocycles. The quantitative estimate of drug-likeness (QED) is 0.387. The highest BCUT2D eigenvalue weighted by Gasteiger charge is 2.35. The van der Waals surface area contributed by atoms with Crippen molar-refractivity contribution in [1.29, 1.82) is 0 Å². The van der Waals surface area contributed by atoms with E-state index in [0.29, 0.717) is 12.5 Å². The number of halogens is 4.